The van der Waals surface area contributed by atoms with Gasteiger partial charge >= 0.3 is 0 Å². The summed E-state index contributed by atoms with van der Waals surface area (Å²) in [7, 11) is 0. The van der Waals surface area contributed by atoms with Crippen LogP contribution in [-0.4, -0.2) is 15.6 Å². The summed E-state index contributed by atoms with van der Waals surface area (Å²) in [4.78, 5) is 24.5. The monoisotopic (exact) mass is 302 g/mol. The van der Waals surface area contributed by atoms with Gasteiger partial charge in [-0.05, 0) is 30.4 Å². The van der Waals surface area contributed by atoms with Gasteiger partial charge in [-0.1, -0.05) is 48.5 Å². The molecule has 3 aromatic rings. The van der Waals surface area contributed by atoms with Crippen LogP contribution in [0.3, 0.4) is 0 Å². The van der Waals surface area contributed by atoms with Crippen LogP contribution in [0, 0.1) is 0 Å². The SMILES string of the molecule is O=C(/C=C/c1ccnn(-c2ccccc2)c1=O)c1ccccc1. The summed E-state index contributed by atoms with van der Waals surface area (Å²) >= 11 is 0. The molecule has 0 atom stereocenters. The van der Waals surface area contributed by atoms with Crippen molar-refractivity contribution < 1.29 is 4.79 Å². The summed E-state index contributed by atoms with van der Waals surface area (Å²) in [6, 6.07) is 19.7. The van der Waals surface area contributed by atoms with Gasteiger partial charge in [0.1, 0.15) is 0 Å². The lowest BCUT2D eigenvalue weighted by molar-refractivity contribution is 0.104. The molecule has 0 aliphatic heterocycles. The quantitative estimate of drug-likeness (QED) is 0.549. The van der Waals surface area contributed by atoms with Crippen LogP contribution >= 0.6 is 0 Å². The van der Waals surface area contributed by atoms with Crippen LogP contribution in [0.15, 0.2) is 83.8 Å². The van der Waals surface area contributed by atoms with Crippen molar-refractivity contribution in [3.8, 4) is 5.69 Å². The molecular weight excluding hydrogens is 288 g/mol. The molecule has 0 fully saturated rings. The number of carbonyl (C=O) groups excluding carboxylic acids is 1. The highest BCUT2D eigenvalue weighted by molar-refractivity contribution is 6.06. The average molecular weight is 302 g/mol. The minimum absolute atomic E-state index is 0.145. The zero-order chi connectivity index (χ0) is 16.1. The molecule has 0 saturated heterocycles. The minimum Gasteiger partial charge on any atom is -0.289 e. The second kappa shape index (κ2) is 6.66. The molecule has 0 amide bonds. The Balaban J connectivity index is 1.91. The van der Waals surface area contributed by atoms with E-state index in [1.807, 2.05) is 24.3 Å². The molecule has 2 aromatic carbocycles. The zero-order valence-corrected chi connectivity index (χ0v) is 12.3. The predicted octanol–water partition coefficient (Wildman–Crippen LogP) is 3.13. The Kier molecular flexibility index (Phi) is 4.25. The fraction of sp³-hybridized carbons (Fsp3) is 0. The van der Waals surface area contributed by atoms with Crippen molar-refractivity contribution >= 4 is 11.9 Å². The smallest absolute Gasteiger partial charge is 0.278 e. The number of carbonyl (C=O) groups is 1. The Morgan fingerprint density at radius 1 is 0.913 bits per heavy atom. The third-order valence-electron chi connectivity index (χ3n) is 3.35. The molecule has 0 spiro atoms. The molecular formula is C19H14N2O2. The molecule has 0 unspecified atom stereocenters. The molecule has 3 rings (SSSR count). The summed E-state index contributed by atoms with van der Waals surface area (Å²) in [5, 5.41) is 4.08. The molecule has 0 radical (unpaired) electrons. The summed E-state index contributed by atoms with van der Waals surface area (Å²) in [5.41, 5.74) is 1.41. The van der Waals surface area contributed by atoms with E-state index in [1.165, 1.54) is 16.8 Å². The van der Waals surface area contributed by atoms with Gasteiger partial charge in [0.15, 0.2) is 5.78 Å². The van der Waals surface area contributed by atoms with Gasteiger partial charge in [-0.3, -0.25) is 9.59 Å². The van der Waals surface area contributed by atoms with Crippen molar-refractivity contribution in [2.45, 2.75) is 0 Å². The van der Waals surface area contributed by atoms with Crippen molar-refractivity contribution in [3.05, 3.63) is 100 Å². The van der Waals surface area contributed by atoms with Crippen molar-refractivity contribution in [2.75, 3.05) is 0 Å². The van der Waals surface area contributed by atoms with Crippen LogP contribution in [0.1, 0.15) is 15.9 Å². The van der Waals surface area contributed by atoms with Crippen LogP contribution in [0.2, 0.25) is 0 Å². The summed E-state index contributed by atoms with van der Waals surface area (Å²) in [5.74, 6) is -0.145. The van der Waals surface area contributed by atoms with Gasteiger partial charge < -0.3 is 0 Å². The Morgan fingerprint density at radius 2 is 1.57 bits per heavy atom. The maximum Gasteiger partial charge on any atom is 0.278 e. The van der Waals surface area contributed by atoms with Crippen LogP contribution in [-0.2, 0) is 0 Å². The highest BCUT2D eigenvalue weighted by atomic mass is 16.1. The summed E-state index contributed by atoms with van der Waals surface area (Å²) in [6.07, 6.45) is 4.47. The highest BCUT2D eigenvalue weighted by Gasteiger charge is 2.05. The topological polar surface area (TPSA) is 52.0 Å². The van der Waals surface area contributed by atoms with Gasteiger partial charge in [-0.2, -0.15) is 9.78 Å². The first-order chi connectivity index (χ1) is 11.3. The summed E-state index contributed by atoms with van der Waals surface area (Å²) in [6.45, 7) is 0. The lowest BCUT2D eigenvalue weighted by Gasteiger charge is -2.04. The predicted molar refractivity (Wildman–Crippen MR) is 89.6 cm³/mol. The second-order valence-electron chi connectivity index (χ2n) is 4.90. The maximum absolute atomic E-state index is 12.5. The molecule has 0 N–H and O–H groups in total. The fourth-order valence-corrected chi connectivity index (χ4v) is 2.17. The number of rotatable bonds is 4. The summed E-state index contributed by atoms with van der Waals surface area (Å²) < 4.78 is 1.31. The number of aromatic nitrogens is 2. The number of hydrogen-bond acceptors (Lipinski definition) is 3. The number of benzene rings is 2. The van der Waals surface area contributed by atoms with E-state index in [-0.39, 0.29) is 11.3 Å². The lowest BCUT2D eigenvalue weighted by atomic mass is 10.1. The van der Waals surface area contributed by atoms with Crippen molar-refractivity contribution in [1.29, 1.82) is 0 Å². The normalized spacial score (nSPS) is 10.8. The van der Waals surface area contributed by atoms with Gasteiger partial charge in [0.05, 0.1) is 5.69 Å². The molecule has 0 bridgehead atoms. The van der Waals surface area contributed by atoms with Crippen LogP contribution in [0.25, 0.3) is 11.8 Å². The van der Waals surface area contributed by atoms with E-state index in [1.54, 1.807) is 48.7 Å². The lowest BCUT2D eigenvalue weighted by Crippen LogP contribution is -2.22. The van der Waals surface area contributed by atoms with Gasteiger partial charge in [-0.15, -0.1) is 0 Å². The van der Waals surface area contributed by atoms with E-state index in [9.17, 15) is 9.59 Å². The Labute approximate surface area is 133 Å². The second-order valence-corrected chi connectivity index (χ2v) is 4.90. The van der Waals surface area contributed by atoms with Crippen molar-refractivity contribution in [2.24, 2.45) is 0 Å². The molecule has 0 aliphatic rings. The minimum atomic E-state index is -0.268. The van der Waals surface area contributed by atoms with Gasteiger partial charge in [0, 0.05) is 17.3 Å². The van der Waals surface area contributed by atoms with Gasteiger partial charge in [-0.25, -0.2) is 0 Å². The van der Waals surface area contributed by atoms with Crippen LogP contribution < -0.4 is 5.56 Å². The zero-order valence-electron chi connectivity index (χ0n) is 12.3. The number of hydrogen-bond donors (Lipinski definition) is 0. The van der Waals surface area contributed by atoms with Crippen molar-refractivity contribution in [3.63, 3.8) is 0 Å². The molecule has 112 valence electrons. The first-order valence-corrected chi connectivity index (χ1v) is 7.17. The molecule has 0 saturated carbocycles. The number of ketones is 1. The number of para-hydroxylation sites is 1. The Bertz CT molecular complexity index is 897. The van der Waals surface area contributed by atoms with E-state index in [4.69, 9.17) is 0 Å². The molecule has 4 heteroatoms. The first-order valence-electron chi connectivity index (χ1n) is 7.17. The number of nitrogens with zero attached hydrogens (tertiary/aromatic N) is 2. The van der Waals surface area contributed by atoms with Crippen molar-refractivity contribution in [1.82, 2.24) is 9.78 Å². The first kappa shape index (κ1) is 14.7. The fourth-order valence-electron chi connectivity index (χ4n) is 2.17. The van der Waals surface area contributed by atoms with E-state index in [0.29, 0.717) is 16.8 Å². The third kappa shape index (κ3) is 3.32. The Hall–Kier alpha value is -3.27. The van der Waals surface area contributed by atoms with Crippen LogP contribution in [0.4, 0.5) is 0 Å². The van der Waals surface area contributed by atoms with E-state index in [2.05, 4.69) is 5.10 Å². The third-order valence-corrected chi connectivity index (χ3v) is 3.35. The van der Waals surface area contributed by atoms with Gasteiger partial charge in [0.2, 0.25) is 0 Å². The average Bonchev–Trinajstić information content (AvgIpc) is 2.62. The number of allylic oxidation sites excluding steroid dienone is 1. The van der Waals surface area contributed by atoms with E-state index >= 15 is 0 Å². The molecule has 1 heterocycles. The highest BCUT2D eigenvalue weighted by Crippen LogP contribution is 2.05. The standard InChI is InChI=1S/C19H14N2O2/c22-18(15-7-3-1-4-8-15)12-11-16-13-14-20-21(19(16)23)17-9-5-2-6-10-17/h1-14H/b12-11+. The largest absolute Gasteiger partial charge is 0.289 e. The molecule has 23 heavy (non-hydrogen) atoms. The van der Waals surface area contributed by atoms with Gasteiger partial charge in [0.25, 0.3) is 5.56 Å². The maximum atomic E-state index is 12.5. The van der Waals surface area contributed by atoms with E-state index in [0.717, 1.165) is 0 Å². The Morgan fingerprint density at radius 3 is 2.26 bits per heavy atom. The molecule has 1 aromatic heterocycles. The van der Waals surface area contributed by atoms with E-state index < -0.39 is 0 Å². The molecule has 0 aliphatic carbocycles. The van der Waals surface area contributed by atoms with Crippen LogP contribution in [0.5, 0.6) is 0 Å². The molecule has 4 nitrogen and oxygen atoms in total.